The third-order valence-corrected chi connectivity index (χ3v) is 5.42. The van der Waals surface area contributed by atoms with Crippen LogP contribution in [-0.2, 0) is 11.6 Å². The van der Waals surface area contributed by atoms with Crippen molar-refractivity contribution >= 4 is 17.4 Å². The van der Waals surface area contributed by atoms with Crippen molar-refractivity contribution in [2.24, 2.45) is 0 Å². The van der Waals surface area contributed by atoms with Crippen LogP contribution in [0.2, 0.25) is 0 Å². The van der Waals surface area contributed by atoms with Crippen molar-refractivity contribution in [3.63, 3.8) is 0 Å². The Kier molecular flexibility index (Phi) is 6.01. The summed E-state index contributed by atoms with van der Waals surface area (Å²) in [7, 11) is 0. The number of carbonyl (C=O) groups is 1. The zero-order valence-corrected chi connectivity index (χ0v) is 17.8. The van der Waals surface area contributed by atoms with Gasteiger partial charge in [-0.1, -0.05) is 45.0 Å². The molecule has 1 N–H and O–H groups in total. The number of amides is 2. The number of nitrogens with zero attached hydrogens (tertiary/aromatic N) is 2. The first-order valence-corrected chi connectivity index (χ1v) is 10.0. The number of benzene rings is 2. The molecular formula is C23H28F3N3O. The summed E-state index contributed by atoms with van der Waals surface area (Å²) in [5.74, 6) is 0. The van der Waals surface area contributed by atoms with E-state index >= 15 is 0 Å². The SMILES string of the molecule is Cc1cccc(C(C)(C)C)c1NC(=O)N1CCN(c2cccc(C(F)(F)F)c2)CC1. The number of rotatable bonds is 2. The lowest BCUT2D eigenvalue weighted by molar-refractivity contribution is -0.137. The molecular weight excluding hydrogens is 391 g/mol. The Morgan fingerprint density at radius 2 is 1.60 bits per heavy atom. The molecule has 0 spiro atoms. The molecule has 4 nitrogen and oxygen atoms in total. The van der Waals surface area contributed by atoms with E-state index in [1.807, 2.05) is 30.0 Å². The average Bonchev–Trinajstić information content (AvgIpc) is 2.68. The second-order valence-corrected chi connectivity index (χ2v) is 8.70. The van der Waals surface area contributed by atoms with E-state index in [1.165, 1.54) is 12.1 Å². The van der Waals surface area contributed by atoms with Gasteiger partial charge >= 0.3 is 12.2 Å². The summed E-state index contributed by atoms with van der Waals surface area (Å²) >= 11 is 0. The molecule has 0 bridgehead atoms. The van der Waals surface area contributed by atoms with Crippen LogP contribution in [0.25, 0.3) is 0 Å². The minimum Gasteiger partial charge on any atom is -0.368 e. The van der Waals surface area contributed by atoms with Crippen molar-refractivity contribution in [1.82, 2.24) is 4.90 Å². The monoisotopic (exact) mass is 419 g/mol. The molecule has 0 aromatic heterocycles. The van der Waals surface area contributed by atoms with E-state index in [2.05, 4.69) is 26.1 Å². The van der Waals surface area contributed by atoms with Crippen molar-refractivity contribution in [2.75, 3.05) is 36.4 Å². The van der Waals surface area contributed by atoms with Gasteiger partial charge in [-0.2, -0.15) is 13.2 Å². The van der Waals surface area contributed by atoms with Gasteiger partial charge in [-0.15, -0.1) is 0 Å². The van der Waals surface area contributed by atoms with Gasteiger partial charge in [-0.05, 0) is 41.7 Å². The second-order valence-electron chi connectivity index (χ2n) is 8.70. The number of carbonyl (C=O) groups excluding carboxylic acids is 1. The number of halogens is 3. The van der Waals surface area contributed by atoms with Gasteiger partial charge in [0.05, 0.1) is 5.56 Å². The Bertz CT molecular complexity index is 911. The quantitative estimate of drug-likeness (QED) is 0.681. The largest absolute Gasteiger partial charge is 0.416 e. The van der Waals surface area contributed by atoms with E-state index in [9.17, 15) is 18.0 Å². The van der Waals surface area contributed by atoms with Crippen LogP contribution in [0.5, 0.6) is 0 Å². The molecule has 7 heteroatoms. The fraction of sp³-hybridized carbons (Fsp3) is 0.435. The first-order valence-electron chi connectivity index (χ1n) is 10.0. The Hall–Kier alpha value is -2.70. The van der Waals surface area contributed by atoms with Crippen molar-refractivity contribution < 1.29 is 18.0 Å². The molecule has 30 heavy (non-hydrogen) atoms. The van der Waals surface area contributed by atoms with Crippen LogP contribution in [0.3, 0.4) is 0 Å². The summed E-state index contributed by atoms with van der Waals surface area (Å²) < 4.78 is 38.9. The molecule has 1 aliphatic rings. The molecule has 2 aromatic carbocycles. The second kappa shape index (κ2) is 8.20. The van der Waals surface area contributed by atoms with Crippen molar-refractivity contribution in [3.05, 3.63) is 59.2 Å². The van der Waals surface area contributed by atoms with Gasteiger partial charge in [0.2, 0.25) is 0 Å². The maximum Gasteiger partial charge on any atom is 0.416 e. The Labute approximate surface area is 175 Å². The summed E-state index contributed by atoms with van der Waals surface area (Å²) in [4.78, 5) is 16.5. The van der Waals surface area contributed by atoms with Gasteiger partial charge in [0, 0.05) is 37.6 Å². The van der Waals surface area contributed by atoms with Crippen molar-refractivity contribution in [1.29, 1.82) is 0 Å². The molecule has 0 atom stereocenters. The zero-order valence-electron chi connectivity index (χ0n) is 17.8. The van der Waals surface area contributed by atoms with E-state index in [-0.39, 0.29) is 11.4 Å². The smallest absolute Gasteiger partial charge is 0.368 e. The summed E-state index contributed by atoms with van der Waals surface area (Å²) in [6.07, 6.45) is -4.37. The molecule has 0 saturated carbocycles. The molecule has 1 heterocycles. The van der Waals surface area contributed by atoms with Crippen LogP contribution in [-0.4, -0.2) is 37.1 Å². The zero-order chi connectivity index (χ0) is 22.1. The third kappa shape index (κ3) is 4.89. The molecule has 2 amide bonds. The number of alkyl halides is 3. The molecule has 0 unspecified atom stereocenters. The Balaban J connectivity index is 1.67. The molecule has 0 aliphatic carbocycles. The lowest BCUT2D eigenvalue weighted by Crippen LogP contribution is -2.50. The third-order valence-electron chi connectivity index (χ3n) is 5.42. The van der Waals surface area contributed by atoms with E-state index in [4.69, 9.17) is 0 Å². The van der Waals surface area contributed by atoms with E-state index in [0.29, 0.717) is 31.9 Å². The number of nitrogens with one attached hydrogen (secondary N) is 1. The molecule has 3 rings (SSSR count). The number of urea groups is 1. The minimum atomic E-state index is -4.37. The van der Waals surface area contributed by atoms with Crippen LogP contribution in [0.1, 0.15) is 37.5 Å². The van der Waals surface area contributed by atoms with Crippen LogP contribution >= 0.6 is 0 Å². The summed E-state index contributed by atoms with van der Waals surface area (Å²) in [6, 6.07) is 11.1. The lowest BCUT2D eigenvalue weighted by Gasteiger charge is -2.36. The van der Waals surface area contributed by atoms with Gasteiger partial charge < -0.3 is 15.1 Å². The highest BCUT2D eigenvalue weighted by molar-refractivity contribution is 5.91. The molecule has 1 saturated heterocycles. The predicted octanol–water partition coefficient (Wildman–Crippen LogP) is 5.67. The highest BCUT2D eigenvalue weighted by Crippen LogP contribution is 2.33. The molecule has 1 aliphatic heterocycles. The van der Waals surface area contributed by atoms with E-state index in [0.717, 1.165) is 22.9 Å². The fourth-order valence-corrected chi connectivity index (χ4v) is 3.69. The van der Waals surface area contributed by atoms with E-state index < -0.39 is 11.7 Å². The van der Waals surface area contributed by atoms with Gasteiger partial charge in [-0.3, -0.25) is 0 Å². The minimum absolute atomic E-state index is 0.114. The number of anilines is 2. The summed E-state index contributed by atoms with van der Waals surface area (Å²) in [5, 5.41) is 3.06. The first kappa shape index (κ1) is 22.0. The van der Waals surface area contributed by atoms with Gasteiger partial charge in [0.15, 0.2) is 0 Å². The molecule has 162 valence electrons. The number of aryl methyl sites for hydroxylation is 1. The first-order chi connectivity index (χ1) is 14.0. The maximum absolute atomic E-state index is 13.0. The Morgan fingerprint density at radius 1 is 0.967 bits per heavy atom. The highest BCUT2D eigenvalue weighted by Gasteiger charge is 2.31. The van der Waals surface area contributed by atoms with E-state index in [1.54, 1.807) is 11.0 Å². The molecule has 2 aromatic rings. The molecule has 0 radical (unpaired) electrons. The van der Waals surface area contributed by atoms with Crippen LogP contribution in [0.15, 0.2) is 42.5 Å². The summed E-state index contributed by atoms with van der Waals surface area (Å²) in [6.45, 7) is 10.1. The lowest BCUT2D eigenvalue weighted by atomic mass is 9.84. The average molecular weight is 419 g/mol. The molecule has 1 fully saturated rings. The normalized spacial score (nSPS) is 15.3. The van der Waals surface area contributed by atoms with Crippen LogP contribution < -0.4 is 10.2 Å². The number of para-hydroxylation sites is 1. The van der Waals surface area contributed by atoms with Crippen LogP contribution in [0.4, 0.5) is 29.3 Å². The predicted molar refractivity (Wildman–Crippen MR) is 114 cm³/mol. The number of hydrogen-bond acceptors (Lipinski definition) is 2. The van der Waals surface area contributed by atoms with Crippen LogP contribution in [0, 0.1) is 6.92 Å². The number of hydrogen-bond donors (Lipinski definition) is 1. The standard InChI is InChI=1S/C23H28F3N3O/c1-16-7-5-10-19(22(2,3)4)20(16)27-21(30)29-13-11-28(12-14-29)18-9-6-8-17(15-18)23(24,25)26/h5-10,15H,11-14H2,1-4H3,(H,27,30). The highest BCUT2D eigenvalue weighted by atomic mass is 19.4. The Morgan fingerprint density at radius 3 is 2.20 bits per heavy atom. The van der Waals surface area contributed by atoms with Gasteiger partial charge in [0.1, 0.15) is 0 Å². The number of piperazine rings is 1. The van der Waals surface area contributed by atoms with Crippen molar-refractivity contribution in [3.8, 4) is 0 Å². The fourth-order valence-electron chi connectivity index (χ4n) is 3.69. The maximum atomic E-state index is 13.0. The van der Waals surface area contributed by atoms with Gasteiger partial charge in [0.25, 0.3) is 0 Å². The van der Waals surface area contributed by atoms with Gasteiger partial charge in [-0.25, -0.2) is 4.79 Å². The summed E-state index contributed by atoms with van der Waals surface area (Å²) in [5.41, 5.74) is 2.65. The topological polar surface area (TPSA) is 35.6 Å². The van der Waals surface area contributed by atoms with Crippen molar-refractivity contribution in [2.45, 2.75) is 39.3 Å².